The minimum absolute atomic E-state index is 0.426. The predicted octanol–water partition coefficient (Wildman–Crippen LogP) is 0.889. The van der Waals surface area contributed by atoms with Crippen LogP contribution in [-0.2, 0) is 11.8 Å². The molecule has 2 N–H and O–H groups in total. The van der Waals surface area contributed by atoms with Crippen molar-refractivity contribution in [3.8, 4) is 0 Å². The van der Waals surface area contributed by atoms with Gasteiger partial charge in [0, 0.05) is 13.6 Å². The van der Waals surface area contributed by atoms with Crippen LogP contribution in [0.1, 0.15) is 17.7 Å². The number of nitrogens with zero attached hydrogens (tertiary/aromatic N) is 4. The second-order valence-electron chi connectivity index (χ2n) is 4.34. The van der Waals surface area contributed by atoms with Gasteiger partial charge in [-0.1, -0.05) is 42.1 Å². The van der Waals surface area contributed by atoms with Crippen LogP contribution in [0.2, 0.25) is 0 Å². The number of rotatable bonds is 5. The van der Waals surface area contributed by atoms with E-state index in [4.69, 9.17) is 0 Å². The molecule has 3 amide bonds. The van der Waals surface area contributed by atoms with Gasteiger partial charge in [0.05, 0.1) is 0 Å². The van der Waals surface area contributed by atoms with Crippen LogP contribution in [0.4, 0.5) is 4.79 Å². The number of amides is 3. The van der Waals surface area contributed by atoms with Crippen molar-refractivity contribution >= 4 is 23.7 Å². The maximum Gasteiger partial charge on any atom is 0.321 e. The normalized spacial score (nSPS) is 11.7. The van der Waals surface area contributed by atoms with Crippen LogP contribution in [-0.4, -0.2) is 38.7 Å². The summed E-state index contributed by atoms with van der Waals surface area (Å²) in [6, 6.07) is 8.63. The highest BCUT2D eigenvalue weighted by Crippen LogP contribution is 2.33. The molecule has 1 atom stereocenters. The highest BCUT2D eigenvalue weighted by molar-refractivity contribution is 8.00. The van der Waals surface area contributed by atoms with Crippen LogP contribution in [0.3, 0.4) is 0 Å². The Balaban J connectivity index is 2.20. The van der Waals surface area contributed by atoms with Gasteiger partial charge in [-0.2, -0.15) is 0 Å². The fourth-order valence-corrected chi connectivity index (χ4v) is 2.65. The molecule has 22 heavy (non-hydrogen) atoms. The first-order valence-electron chi connectivity index (χ1n) is 6.64. The van der Waals surface area contributed by atoms with E-state index >= 15 is 0 Å². The van der Waals surface area contributed by atoms with Crippen molar-refractivity contribution in [2.24, 2.45) is 7.05 Å². The Bertz CT molecular complexity index is 645. The van der Waals surface area contributed by atoms with Crippen molar-refractivity contribution in [3.05, 3.63) is 35.9 Å². The topological polar surface area (TPSA) is 102 Å². The third-order valence-electron chi connectivity index (χ3n) is 2.72. The van der Waals surface area contributed by atoms with Crippen molar-refractivity contribution in [1.29, 1.82) is 0 Å². The first-order valence-corrected chi connectivity index (χ1v) is 7.52. The van der Waals surface area contributed by atoms with E-state index in [9.17, 15) is 9.59 Å². The van der Waals surface area contributed by atoms with Crippen molar-refractivity contribution < 1.29 is 9.59 Å². The first-order chi connectivity index (χ1) is 10.6. The van der Waals surface area contributed by atoms with Crippen molar-refractivity contribution in [3.63, 3.8) is 0 Å². The highest BCUT2D eigenvalue weighted by atomic mass is 32.2. The Kier molecular flexibility index (Phi) is 5.48. The van der Waals surface area contributed by atoms with Crippen LogP contribution in [0.15, 0.2) is 35.5 Å². The first kappa shape index (κ1) is 16.0. The number of nitrogens with one attached hydrogen (secondary N) is 2. The molecule has 0 fully saturated rings. The standard InChI is InChI=1S/C13H16N6O2S/c1-3-14-12(21)15-11(20)10(9-7-5-4-6-8-9)22-13-16-17-18-19(13)2/h4-8,10H,3H2,1-2H3,(H2,14,15,20,21)/t10-/m0/s1. The maximum atomic E-state index is 12.4. The fraction of sp³-hybridized carbons (Fsp3) is 0.308. The molecule has 0 saturated heterocycles. The SMILES string of the molecule is CCNC(=O)NC(=O)[C@@H](Sc1nnnn1C)c1ccccc1. The number of hydrogen-bond acceptors (Lipinski definition) is 6. The molecule has 0 aliphatic rings. The van der Waals surface area contributed by atoms with E-state index in [0.29, 0.717) is 11.7 Å². The number of thioether (sulfide) groups is 1. The zero-order valence-electron chi connectivity index (χ0n) is 12.2. The smallest absolute Gasteiger partial charge is 0.321 e. The van der Waals surface area contributed by atoms with Crippen LogP contribution < -0.4 is 10.6 Å². The minimum atomic E-state index is -0.631. The summed E-state index contributed by atoms with van der Waals surface area (Å²) >= 11 is 1.18. The van der Waals surface area contributed by atoms with Crippen LogP contribution in [0, 0.1) is 0 Å². The molecular formula is C13H16N6O2S. The molecule has 8 nitrogen and oxygen atoms in total. The summed E-state index contributed by atoms with van der Waals surface area (Å²) in [7, 11) is 1.69. The lowest BCUT2D eigenvalue weighted by Gasteiger charge is -2.15. The molecule has 0 spiro atoms. The van der Waals surface area contributed by atoms with E-state index in [1.165, 1.54) is 16.4 Å². The summed E-state index contributed by atoms with van der Waals surface area (Å²) in [5, 5.41) is 15.9. The number of hydrogen-bond donors (Lipinski definition) is 2. The predicted molar refractivity (Wildman–Crippen MR) is 81.1 cm³/mol. The summed E-state index contributed by atoms with van der Waals surface area (Å²) in [5.74, 6) is -0.426. The fourth-order valence-electron chi connectivity index (χ4n) is 1.71. The number of tetrazole rings is 1. The summed E-state index contributed by atoms with van der Waals surface area (Å²) in [6.45, 7) is 2.22. The van der Waals surface area contributed by atoms with E-state index in [2.05, 4.69) is 26.2 Å². The molecule has 0 saturated carbocycles. The molecule has 0 aliphatic heterocycles. The van der Waals surface area contributed by atoms with Gasteiger partial charge in [-0.3, -0.25) is 10.1 Å². The largest absolute Gasteiger partial charge is 0.338 e. The summed E-state index contributed by atoms with van der Waals surface area (Å²) in [6.07, 6.45) is 0. The third-order valence-corrected chi connectivity index (χ3v) is 4.00. The lowest BCUT2D eigenvalue weighted by Crippen LogP contribution is -2.41. The maximum absolute atomic E-state index is 12.4. The number of urea groups is 1. The average Bonchev–Trinajstić information content (AvgIpc) is 2.91. The van der Waals surface area contributed by atoms with Gasteiger partial charge in [-0.05, 0) is 22.9 Å². The van der Waals surface area contributed by atoms with E-state index in [1.807, 2.05) is 30.3 Å². The van der Waals surface area contributed by atoms with Gasteiger partial charge >= 0.3 is 6.03 Å². The number of benzene rings is 1. The Hall–Kier alpha value is -2.42. The molecule has 9 heteroatoms. The molecule has 0 bridgehead atoms. The molecule has 2 rings (SSSR count). The molecule has 0 radical (unpaired) electrons. The van der Waals surface area contributed by atoms with E-state index in [-0.39, 0.29) is 0 Å². The lowest BCUT2D eigenvalue weighted by molar-refractivity contribution is -0.119. The van der Waals surface area contributed by atoms with Gasteiger partial charge in [0.1, 0.15) is 5.25 Å². The monoisotopic (exact) mass is 320 g/mol. The summed E-state index contributed by atoms with van der Waals surface area (Å²) < 4.78 is 1.47. The van der Waals surface area contributed by atoms with Crippen molar-refractivity contribution in [2.75, 3.05) is 6.54 Å². The second-order valence-corrected chi connectivity index (χ2v) is 5.41. The Morgan fingerprint density at radius 3 is 2.64 bits per heavy atom. The third kappa shape index (κ3) is 4.04. The van der Waals surface area contributed by atoms with E-state index in [1.54, 1.807) is 14.0 Å². The number of aryl methyl sites for hydroxylation is 1. The average molecular weight is 320 g/mol. The molecule has 116 valence electrons. The molecule has 0 aliphatic carbocycles. The zero-order valence-corrected chi connectivity index (χ0v) is 13.0. The van der Waals surface area contributed by atoms with Crippen LogP contribution in [0.25, 0.3) is 0 Å². The molecule has 0 unspecified atom stereocenters. The minimum Gasteiger partial charge on any atom is -0.338 e. The van der Waals surface area contributed by atoms with Crippen LogP contribution >= 0.6 is 11.8 Å². The Morgan fingerprint density at radius 2 is 2.05 bits per heavy atom. The van der Waals surface area contributed by atoms with E-state index < -0.39 is 17.2 Å². The Labute approximate surface area is 131 Å². The zero-order chi connectivity index (χ0) is 15.9. The molecule has 1 aromatic heterocycles. The molecular weight excluding hydrogens is 304 g/mol. The van der Waals surface area contributed by atoms with Gasteiger partial charge in [0.25, 0.3) is 0 Å². The number of carbonyl (C=O) groups excluding carboxylic acids is 2. The number of aromatic nitrogens is 4. The van der Waals surface area contributed by atoms with Crippen molar-refractivity contribution in [2.45, 2.75) is 17.3 Å². The number of carbonyl (C=O) groups is 2. The molecule has 1 aromatic carbocycles. The molecule has 2 aromatic rings. The van der Waals surface area contributed by atoms with Gasteiger partial charge < -0.3 is 5.32 Å². The van der Waals surface area contributed by atoms with Gasteiger partial charge in [-0.25, -0.2) is 9.48 Å². The number of imide groups is 1. The summed E-state index contributed by atoms with van der Waals surface area (Å²) in [4.78, 5) is 24.0. The van der Waals surface area contributed by atoms with Crippen molar-refractivity contribution in [1.82, 2.24) is 30.8 Å². The van der Waals surface area contributed by atoms with E-state index in [0.717, 1.165) is 5.56 Å². The quantitative estimate of drug-likeness (QED) is 0.793. The summed E-state index contributed by atoms with van der Waals surface area (Å²) in [5.41, 5.74) is 0.761. The Morgan fingerprint density at radius 1 is 1.32 bits per heavy atom. The van der Waals surface area contributed by atoms with Gasteiger partial charge in [0.2, 0.25) is 11.1 Å². The van der Waals surface area contributed by atoms with Gasteiger partial charge in [0.15, 0.2) is 0 Å². The highest BCUT2D eigenvalue weighted by Gasteiger charge is 2.25. The van der Waals surface area contributed by atoms with Gasteiger partial charge in [-0.15, -0.1) is 5.10 Å². The second kappa shape index (κ2) is 7.55. The molecule has 1 heterocycles. The lowest BCUT2D eigenvalue weighted by atomic mass is 10.1. The van der Waals surface area contributed by atoms with Crippen LogP contribution in [0.5, 0.6) is 0 Å².